The average Bonchev–Trinajstić information content (AvgIpc) is 2.79. The number of hydrogen-bond donors (Lipinski definition) is 0. The first kappa shape index (κ1) is 17.9. The molecule has 0 saturated heterocycles. The number of hydrogen-bond acceptors (Lipinski definition) is 6. The summed E-state index contributed by atoms with van der Waals surface area (Å²) in [5.41, 5.74) is 0. The van der Waals surface area contributed by atoms with Crippen molar-refractivity contribution in [1.82, 2.24) is 0 Å². The topological polar surface area (TPSA) is 75.7 Å². The molecule has 8 heteroatoms. The maximum Gasteiger partial charge on any atom is 1.00 e. The predicted octanol–water partition coefficient (Wildman–Crippen LogP) is -0.612. The molecule has 2 rings (SSSR count). The van der Waals surface area contributed by atoms with Crippen LogP contribution >= 0.6 is 11.3 Å². The van der Waals surface area contributed by atoms with Gasteiger partial charge >= 0.3 is 18.9 Å². The van der Waals surface area contributed by atoms with E-state index >= 15 is 0 Å². The first-order valence-electron chi connectivity index (χ1n) is 6.34. The van der Waals surface area contributed by atoms with E-state index in [1.165, 1.54) is 0 Å². The Morgan fingerprint density at radius 1 is 1.20 bits per heavy atom. The third kappa shape index (κ3) is 6.06. The van der Waals surface area contributed by atoms with E-state index in [2.05, 4.69) is 0 Å². The quantitative estimate of drug-likeness (QED) is 0.381. The Labute approximate surface area is 135 Å². The summed E-state index contributed by atoms with van der Waals surface area (Å²) in [5, 5.41) is 3.86. The van der Waals surface area contributed by atoms with Crippen molar-refractivity contribution < 1.29 is 41.3 Å². The largest absolute Gasteiger partial charge is 1.00 e. The third-order valence-corrected chi connectivity index (χ3v) is 4.47. The average molecular weight is 312 g/mol. The number of ether oxygens (including phenoxy) is 2. The fourth-order valence-corrected chi connectivity index (χ4v) is 3.24. The zero-order chi connectivity index (χ0) is 13.7. The fraction of sp³-hybridized carbons (Fsp3) is 0.667. The van der Waals surface area contributed by atoms with Gasteiger partial charge in [-0.1, -0.05) is 12.8 Å². The molecule has 0 aromatic carbocycles. The Morgan fingerprint density at radius 3 is 2.65 bits per heavy atom. The number of thiophene rings is 1. The maximum absolute atomic E-state index is 10.4. The molecule has 0 radical (unpaired) electrons. The molecule has 0 spiro atoms. The summed E-state index contributed by atoms with van der Waals surface area (Å²) in [6, 6.07) is 0. The van der Waals surface area contributed by atoms with Gasteiger partial charge in [0.25, 0.3) is 0 Å². The van der Waals surface area contributed by atoms with Gasteiger partial charge in [0.15, 0.2) is 11.5 Å². The van der Waals surface area contributed by atoms with Crippen molar-refractivity contribution in [3.63, 3.8) is 0 Å². The molecule has 0 amide bonds. The van der Waals surface area contributed by atoms with Crippen LogP contribution in [0.2, 0.25) is 0 Å². The zero-order valence-electron chi connectivity index (χ0n) is 11.5. The van der Waals surface area contributed by atoms with E-state index < -0.39 is 10.1 Å². The van der Waals surface area contributed by atoms with Crippen LogP contribution < -0.4 is 28.3 Å². The summed E-state index contributed by atoms with van der Waals surface area (Å²) >= 11 is 1.56. The van der Waals surface area contributed by atoms with Crippen molar-refractivity contribution in [3.8, 4) is 11.5 Å². The molecule has 20 heavy (non-hydrogen) atoms. The van der Waals surface area contributed by atoms with Crippen LogP contribution in [-0.2, 0) is 10.1 Å². The van der Waals surface area contributed by atoms with Gasteiger partial charge in [0.2, 0.25) is 0 Å². The molecule has 0 aliphatic carbocycles. The van der Waals surface area contributed by atoms with Crippen LogP contribution in [-0.4, -0.2) is 31.4 Å². The molecule has 0 saturated carbocycles. The summed E-state index contributed by atoms with van der Waals surface area (Å²) in [4.78, 5) is 0. The minimum Gasteiger partial charge on any atom is -0.748 e. The number of rotatable bonds is 7. The second-order valence-corrected chi connectivity index (χ2v) is 6.88. The summed E-state index contributed by atoms with van der Waals surface area (Å²) in [6.45, 7) is 0.568. The molecule has 2 heterocycles. The molecule has 0 fully saturated rings. The molecule has 1 atom stereocenters. The summed E-state index contributed by atoms with van der Waals surface area (Å²) in [6.07, 6.45) is 4.03. The standard InChI is InChI=1S/C12H18O5S2.Li/c13-19(14,15)6-4-2-1-3-5-10-7-16-11-8-18-9-12(11)17-10;/h8-10H,1-7H2,(H,13,14,15);/q;+1/p-1. The molecule has 1 unspecified atom stereocenters. The van der Waals surface area contributed by atoms with Gasteiger partial charge in [-0.25, -0.2) is 8.42 Å². The first-order chi connectivity index (χ1) is 9.04. The van der Waals surface area contributed by atoms with Gasteiger partial charge in [-0.3, -0.25) is 0 Å². The molecule has 1 aromatic heterocycles. The fourth-order valence-electron chi connectivity index (χ4n) is 2.01. The Bertz CT molecular complexity index is 500. The van der Waals surface area contributed by atoms with Crippen molar-refractivity contribution in [2.24, 2.45) is 0 Å². The van der Waals surface area contributed by atoms with Crippen LogP contribution in [0.1, 0.15) is 32.1 Å². The number of fused-ring (bicyclic) bond motifs is 1. The molecule has 1 aromatic rings. The van der Waals surface area contributed by atoms with Crippen molar-refractivity contribution in [2.45, 2.75) is 38.2 Å². The van der Waals surface area contributed by atoms with E-state index in [1.807, 2.05) is 10.8 Å². The van der Waals surface area contributed by atoms with Gasteiger partial charge in [0, 0.05) is 16.5 Å². The molecular weight excluding hydrogens is 295 g/mol. The van der Waals surface area contributed by atoms with Crippen LogP contribution in [0.5, 0.6) is 11.5 Å². The van der Waals surface area contributed by atoms with Gasteiger partial charge in [-0.2, -0.15) is 0 Å². The van der Waals surface area contributed by atoms with E-state index in [0.717, 1.165) is 37.2 Å². The third-order valence-electron chi connectivity index (χ3n) is 2.98. The van der Waals surface area contributed by atoms with E-state index in [1.54, 1.807) is 11.3 Å². The Balaban J connectivity index is 0.00000200. The van der Waals surface area contributed by atoms with Crippen LogP contribution in [0, 0.1) is 0 Å². The van der Waals surface area contributed by atoms with Crippen molar-refractivity contribution in [3.05, 3.63) is 10.8 Å². The van der Waals surface area contributed by atoms with Gasteiger partial charge in [0.05, 0.1) is 10.1 Å². The van der Waals surface area contributed by atoms with Crippen LogP contribution in [0.3, 0.4) is 0 Å². The molecular formula is C12H17LiO5S2. The SMILES string of the molecule is O=S(=O)([O-])CCCCCCC1COc2cscc2O1.[Li+]. The maximum atomic E-state index is 10.4. The minimum atomic E-state index is -4.05. The summed E-state index contributed by atoms with van der Waals surface area (Å²) < 4.78 is 42.6. The zero-order valence-corrected chi connectivity index (χ0v) is 13.2. The van der Waals surface area contributed by atoms with E-state index in [4.69, 9.17) is 9.47 Å². The predicted molar refractivity (Wildman–Crippen MR) is 71.9 cm³/mol. The van der Waals surface area contributed by atoms with Crippen molar-refractivity contribution >= 4 is 21.5 Å². The Hall–Kier alpha value is -0.193. The minimum absolute atomic E-state index is 0. The van der Waals surface area contributed by atoms with Gasteiger partial charge in [-0.05, 0) is 19.3 Å². The van der Waals surface area contributed by atoms with E-state index in [0.29, 0.717) is 13.0 Å². The Morgan fingerprint density at radius 2 is 1.90 bits per heavy atom. The van der Waals surface area contributed by atoms with Crippen LogP contribution in [0.15, 0.2) is 10.8 Å². The second kappa shape index (κ2) is 8.30. The van der Waals surface area contributed by atoms with Crippen molar-refractivity contribution in [2.75, 3.05) is 12.4 Å². The monoisotopic (exact) mass is 312 g/mol. The van der Waals surface area contributed by atoms with E-state index in [-0.39, 0.29) is 30.7 Å². The van der Waals surface area contributed by atoms with Gasteiger partial charge < -0.3 is 14.0 Å². The van der Waals surface area contributed by atoms with Crippen molar-refractivity contribution in [1.29, 1.82) is 0 Å². The van der Waals surface area contributed by atoms with Crippen LogP contribution in [0.25, 0.3) is 0 Å². The first-order valence-corrected chi connectivity index (χ1v) is 8.86. The second-order valence-electron chi connectivity index (χ2n) is 4.62. The van der Waals surface area contributed by atoms with Gasteiger partial charge in [-0.15, -0.1) is 11.3 Å². The summed E-state index contributed by atoms with van der Waals surface area (Å²) in [5.74, 6) is 1.38. The molecule has 108 valence electrons. The van der Waals surface area contributed by atoms with E-state index in [9.17, 15) is 13.0 Å². The Kier molecular flexibility index (Phi) is 7.41. The molecule has 0 N–H and O–H groups in total. The molecule has 1 aliphatic heterocycles. The van der Waals surface area contributed by atoms with Crippen LogP contribution in [0.4, 0.5) is 0 Å². The molecule has 1 aliphatic rings. The number of unbranched alkanes of at least 4 members (excludes halogenated alkanes) is 3. The van der Waals surface area contributed by atoms with Gasteiger partial charge in [0.1, 0.15) is 12.7 Å². The molecule has 5 nitrogen and oxygen atoms in total. The normalized spacial score (nSPS) is 17.6. The molecule has 0 bridgehead atoms. The summed E-state index contributed by atoms with van der Waals surface area (Å²) in [7, 11) is -4.05. The smallest absolute Gasteiger partial charge is 0.748 e.